The maximum absolute atomic E-state index is 12.9. The van der Waals surface area contributed by atoms with Gasteiger partial charge in [0.05, 0.1) is 19.4 Å². The summed E-state index contributed by atoms with van der Waals surface area (Å²) in [6.45, 7) is 6.78. The van der Waals surface area contributed by atoms with Gasteiger partial charge in [-0.15, -0.1) is 0 Å². The fourth-order valence-electron chi connectivity index (χ4n) is 2.37. The minimum absolute atomic E-state index is 0.0495. The molecule has 7 heteroatoms. The van der Waals surface area contributed by atoms with Gasteiger partial charge in [-0.2, -0.15) is 0 Å². The molecule has 26 heavy (non-hydrogen) atoms. The second kappa shape index (κ2) is 8.69. The number of methoxy groups -OCH3 is 1. The van der Waals surface area contributed by atoms with Crippen LogP contribution in [0.5, 0.6) is 5.75 Å². The van der Waals surface area contributed by atoms with Gasteiger partial charge < -0.3 is 19.5 Å². The average molecular weight is 365 g/mol. The lowest BCUT2D eigenvalue weighted by Crippen LogP contribution is -2.43. The molecule has 1 aromatic carbocycles. The summed E-state index contributed by atoms with van der Waals surface area (Å²) >= 11 is 0. The fourth-order valence-corrected chi connectivity index (χ4v) is 2.37. The average Bonchev–Trinajstić information content (AvgIpc) is 2.56. The first kappa shape index (κ1) is 21.5. The number of carbonyl (C=O) groups excluding carboxylic acids is 3. The van der Waals surface area contributed by atoms with Crippen molar-refractivity contribution in [3.8, 4) is 5.75 Å². The number of phenols is 1. The Morgan fingerprint density at radius 3 is 2.15 bits per heavy atom. The quantitative estimate of drug-likeness (QED) is 0.777. The molecule has 1 rings (SSSR count). The van der Waals surface area contributed by atoms with Crippen molar-refractivity contribution in [1.82, 2.24) is 4.90 Å². The first-order chi connectivity index (χ1) is 12.0. The normalized spacial score (nSPS) is 13.5. The molecule has 1 amide bonds. The second-order valence-corrected chi connectivity index (χ2v) is 7.08. The smallest absolute Gasteiger partial charge is 0.328 e. The number of ether oxygens (including phenoxy) is 2. The van der Waals surface area contributed by atoms with Crippen LogP contribution in [0.15, 0.2) is 24.3 Å². The number of rotatable bonds is 6. The number of nitrogens with zero attached hydrogens (tertiary/aromatic N) is 1. The Kier molecular flexibility index (Phi) is 7.18. The monoisotopic (exact) mass is 365 g/mol. The van der Waals surface area contributed by atoms with Crippen LogP contribution in [-0.2, 0) is 23.9 Å². The number of esters is 2. The zero-order valence-corrected chi connectivity index (χ0v) is 16.1. The maximum Gasteiger partial charge on any atom is 0.328 e. The van der Waals surface area contributed by atoms with Crippen LogP contribution in [0.1, 0.15) is 45.6 Å². The van der Waals surface area contributed by atoms with Gasteiger partial charge in [-0.05, 0) is 45.4 Å². The van der Waals surface area contributed by atoms with Crippen molar-refractivity contribution in [3.63, 3.8) is 0 Å². The van der Waals surface area contributed by atoms with Gasteiger partial charge in [-0.25, -0.2) is 4.79 Å². The molecule has 0 aliphatic heterocycles. The Bertz CT molecular complexity index is 647. The van der Waals surface area contributed by atoms with E-state index in [0.29, 0.717) is 5.56 Å². The van der Waals surface area contributed by atoms with Crippen LogP contribution in [0.4, 0.5) is 0 Å². The summed E-state index contributed by atoms with van der Waals surface area (Å²) in [5.74, 6) is -2.29. The van der Waals surface area contributed by atoms with Crippen molar-refractivity contribution >= 4 is 17.8 Å². The van der Waals surface area contributed by atoms with Gasteiger partial charge >= 0.3 is 11.9 Å². The highest BCUT2D eigenvalue weighted by atomic mass is 16.6. The van der Waals surface area contributed by atoms with Crippen molar-refractivity contribution < 1.29 is 29.0 Å². The van der Waals surface area contributed by atoms with Crippen molar-refractivity contribution in [2.75, 3.05) is 14.2 Å². The summed E-state index contributed by atoms with van der Waals surface area (Å²) in [6, 6.07) is 5.21. The van der Waals surface area contributed by atoms with E-state index in [-0.39, 0.29) is 12.2 Å². The van der Waals surface area contributed by atoms with E-state index in [0.717, 1.165) is 0 Å². The van der Waals surface area contributed by atoms with E-state index >= 15 is 0 Å². The van der Waals surface area contributed by atoms with E-state index in [1.807, 2.05) is 0 Å². The van der Waals surface area contributed by atoms with Gasteiger partial charge in [-0.3, -0.25) is 9.59 Å². The molecule has 2 atom stereocenters. The number of phenolic OH excluding ortho intramolecular Hbond substituents is 1. The molecular weight excluding hydrogens is 338 g/mol. The number of carbonyl (C=O) groups is 3. The fraction of sp³-hybridized carbons (Fsp3) is 0.526. The summed E-state index contributed by atoms with van der Waals surface area (Å²) in [5.41, 5.74) is -0.132. The highest BCUT2D eigenvalue weighted by molar-refractivity contribution is 5.91. The molecule has 0 aromatic heterocycles. The molecule has 0 saturated carbocycles. The lowest BCUT2D eigenvalue weighted by Gasteiger charge is -2.28. The van der Waals surface area contributed by atoms with Crippen molar-refractivity contribution in [3.05, 3.63) is 29.8 Å². The molecule has 0 unspecified atom stereocenters. The summed E-state index contributed by atoms with van der Waals surface area (Å²) in [5, 5.41) is 9.47. The predicted octanol–water partition coefficient (Wildman–Crippen LogP) is 2.23. The number of amides is 1. The molecule has 1 aromatic rings. The van der Waals surface area contributed by atoms with E-state index in [1.165, 1.54) is 31.2 Å². The highest BCUT2D eigenvalue weighted by Gasteiger charge is 2.32. The Morgan fingerprint density at radius 1 is 1.15 bits per heavy atom. The molecule has 0 heterocycles. The third-order valence-electron chi connectivity index (χ3n) is 3.86. The molecule has 144 valence electrons. The first-order valence-electron chi connectivity index (χ1n) is 8.31. The number of benzene rings is 1. The largest absolute Gasteiger partial charge is 0.508 e. The minimum Gasteiger partial charge on any atom is -0.508 e. The van der Waals surface area contributed by atoms with Crippen LogP contribution in [0.25, 0.3) is 0 Å². The number of likely N-dealkylation sites (N-methyl/N-ethyl adjacent to an activating group) is 1. The lowest BCUT2D eigenvalue weighted by molar-refractivity contribution is -0.157. The van der Waals surface area contributed by atoms with Crippen molar-refractivity contribution in [1.29, 1.82) is 0 Å². The molecule has 7 nitrogen and oxygen atoms in total. The summed E-state index contributed by atoms with van der Waals surface area (Å²) in [4.78, 5) is 38.2. The molecule has 0 saturated heterocycles. The summed E-state index contributed by atoms with van der Waals surface area (Å²) in [6.07, 6.45) is -0.181. The molecule has 0 aliphatic rings. The molecular formula is C19H27NO6. The Balaban J connectivity index is 3.10. The molecule has 0 bridgehead atoms. The van der Waals surface area contributed by atoms with Crippen molar-refractivity contribution in [2.45, 2.75) is 51.7 Å². The van der Waals surface area contributed by atoms with Gasteiger partial charge in [0, 0.05) is 7.05 Å². The van der Waals surface area contributed by atoms with Gasteiger partial charge in [0.25, 0.3) is 0 Å². The minimum atomic E-state index is -0.845. The van der Waals surface area contributed by atoms with Gasteiger partial charge in [0.1, 0.15) is 17.4 Å². The summed E-state index contributed by atoms with van der Waals surface area (Å²) < 4.78 is 10.00. The van der Waals surface area contributed by atoms with Gasteiger partial charge in [0.15, 0.2) is 0 Å². The topological polar surface area (TPSA) is 93.1 Å². The summed E-state index contributed by atoms with van der Waals surface area (Å²) in [7, 11) is 2.72. The highest BCUT2D eigenvalue weighted by Crippen LogP contribution is 2.26. The van der Waals surface area contributed by atoms with E-state index in [1.54, 1.807) is 39.8 Å². The number of hydrogen-bond acceptors (Lipinski definition) is 6. The van der Waals surface area contributed by atoms with E-state index in [2.05, 4.69) is 4.74 Å². The van der Waals surface area contributed by atoms with Crippen molar-refractivity contribution in [2.24, 2.45) is 0 Å². The third-order valence-corrected chi connectivity index (χ3v) is 3.86. The standard InChI is InChI=1S/C19H27NO6/c1-12(18(24)25-6)20(5)17(23)15(11-16(22)26-19(2,3)4)13-7-9-14(21)10-8-13/h7-10,12,15,21H,11H2,1-6H3/t12-,15+/m1/s1. The van der Waals surface area contributed by atoms with Crippen LogP contribution in [0.3, 0.4) is 0 Å². The lowest BCUT2D eigenvalue weighted by atomic mass is 9.93. The maximum atomic E-state index is 12.9. The SMILES string of the molecule is COC(=O)[C@@H](C)N(C)C(=O)[C@@H](CC(=O)OC(C)(C)C)c1ccc(O)cc1. The zero-order chi connectivity index (χ0) is 20.1. The number of aromatic hydroxyl groups is 1. The molecule has 0 fully saturated rings. The predicted molar refractivity (Wildman–Crippen MR) is 95.6 cm³/mol. The van der Waals surface area contributed by atoms with E-state index in [4.69, 9.17) is 4.74 Å². The first-order valence-corrected chi connectivity index (χ1v) is 8.31. The second-order valence-electron chi connectivity index (χ2n) is 7.08. The Hall–Kier alpha value is -2.57. The van der Waals surface area contributed by atoms with Crippen LogP contribution in [-0.4, -0.2) is 53.7 Å². The van der Waals surface area contributed by atoms with E-state index in [9.17, 15) is 19.5 Å². The van der Waals surface area contributed by atoms with E-state index < -0.39 is 35.4 Å². The van der Waals surface area contributed by atoms with Crippen LogP contribution in [0, 0.1) is 0 Å². The molecule has 0 spiro atoms. The Morgan fingerprint density at radius 2 is 1.69 bits per heavy atom. The molecule has 0 aliphatic carbocycles. The van der Waals surface area contributed by atoms with Crippen LogP contribution < -0.4 is 0 Å². The molecule has 1 N–H and O–H groups in total. The third kappa shape index (κ3) is 6.06. The Labute approximate surface area is 153 Å². The van der Waals surface area contributed by atoms with Gasteiger partial charge in [-0.1, -0.05) is 12.1 Å². The van der Waals surface area contributed by atoms with Crippen LogP contribution in [0.2, 0.25) is 0 Å². The van der Waals surface area contributed by atoms with Crippen LogP contribution >= 0.6 is 0 Å². The van der Waals surface area contributed by atoms with Gasteiger partial charge in [0.2, 0.25) is 5.91 Å². The molecule has 0 radical (unpaired) electrons. The number of hydrogen-bond donors (Lipinski definition) is 1. The zero-order valence-electron chi connectivity index (χ0n) is 16.1.